The predicted molar refractivity (Wildman–Crippen MR) is 195 cm³/mol. The molecule has 2 aromatic heterocycles. The first-order valence-electron chi connectivity index (χ1n) is 15.9. The number of nitrogens with zero attached hydrogens (tertiary/aromatic N) is 4. The van der Waals surface area contributed by atoms with Gasteiger partial charge in [-0.15, -0.1) is 0 Å². The average Bonchev–Trinajstić information content (AvgIpc) is 3.67. The van der Waals surface area contributed by atoms with E-state index in [-0.39, 0.29) is 0 Å². The first-order valence-corrected chi connectivity index (χ1v) is 15.9. The van der Waals surface area contributed by atoms with Crippen LogP contribution >= 0.6 is 0 Å². The molecule has 0 amide bonds. The van der Waals surface area contributed by atoms with Gasteiger partial charge in [0.15, 0.2) is 0 Å². The predicted octanol–water partition coefficient (Wildman–Crippen LogP) is 11.0. The van der Waals surface area contributed by atoms with E-state index in [9.17, 15) is 10.5 Å². The van der Waals surface area contributed by atoms with Crippen molar-refractivity contribution in [2.75, 3.05) is 0 Å². The minimum absolute atomic E-state index is 0.512. The van der Waals surface area contributed by atoms with Crippen molar-refractivity contribution in [3.05, 3.63) is 169 Å². The van der Waals surface area contributed by atoms with E-state index in [2.05, 4.69) is 143 Å². The average molecular weight is 611 g/mol. The Bertz CT molecular complexity index is 2690. The molecule has 0 aliphatic heterocycles. The second-order valence-corrected chi connectivity index (χ2v) is 12.0. The largest absolute Gasteiger partial charge is 0.309 e. The lowest BCUT2D eigenvalue weighted by molar-refractivity contribution is 1.17. The van der Waals surface area contributed by atoms with Crippen LogP contribution in [0.25, 0.3) is 77.2 Å². The molecule has 0 atom stereocenters. The van der Waals surface area contributed by atoms with E-state index in [1.807, 2.05) is 24.3 Å². The molecular formula is C44H26N4. The lowest BCUT2D eigenvalue weighted by Crippen LogP contribution is -2.03. The van der Waals surface area contributed by atoms with Crippen molar-refractivity contribution in [1.29, 1.82) is 10.5 Å². The van der Waals surface area contributed by atoms with Crippen LogP contribution in [0.3, 0.4) is 0 Å². The van der Waals surface area contributed by atoms with Crippen molar-refractivity contribution in [3.63, 3.8) is 0 Å². The summed E-state index contributed by atoms with van der Waals surface area (Å²) in [5, 5.41) is 25.4. The minimum Gasteiger partial charge on any atom is -0.309 e. The van der Waals surface area contributed by atoms with Gasteiger partial charge in [-0.25, -0.2) is 0 Å². The molecule has 0 fully saturated rings. The summed E-state index contributed by atoms with van der Waals surface area (Å²) in [6.45, 7) is 0. The van der Waals surface area contributed by atoms with E-state index in [1.54, 1.807) is 12.1 Å². The fraction of sp³-hybridized carbons (Fsp3) is 0. The molecule has 48 heavy (non-hydrogen) atoms. The smallest absolute Gasteiger partial charge is 0.101 e. The highest BCUT2D eigenvalue weighted by atomic mass is 15.0. The van der Waals surface area contributed by atoms with Gasteiger partial charge in [0, 0.05) is 32.8 Å². The Balaban J connectivity index is 1.21. The molecule has 4 heteroatoms. The molecule has 0 unspecified atom stereocenters. The fourth-order valence-corrected chi connectivity index (χ4v) is 7.32. The van der Waals surface area contributed by atoms with Crippen molar-refractivity contribution < 1.29 is 0 Å². The second kappa shape index (κ2) is 10.9. The highest BCUT2D eigenvalue weighted by Gasteiger charge is 2.21. The summed E-state index contributed by atoms with van der Waals surface area (Å²) in [7, 11) is 0. The van der Waals surface area contributed by atoms with Crippen molar-refractivity contribution >= 4 is 43.6 Å². The normalized spacial score (nSPS) is 11.3. The number of nitriles is 2. The SMILES string of the molecule is N#Cc1ccc(C#N)c(-n2c3ccccc3c3ccccc32)c1-c1ccc(-c2cccc(-n3c4ccccc4c4ccccc43)c2)cc1. The van der Waals surface area contributed by atoms with E-state index in [0.717, 1.165) is 55.4 Å². The van der Waals surface area contributed by atoms with E-state index in [0.29, 0.717) is 11.1 Å². The first-order chi connectivity index (χ1) is 23.7. The van der Waals surface area contributed by atoms with Crippen molar-refractivity contribution in [2.24, 2.45) is 0 Å². The fourth-order valence-electron chi connectivity index (χ4n) is 7.32. The summed E-state index contributed by atoms with van der Waals surface area (Å²) >= 11 is 0. The van der Waals surface area contributed by atoms with Gasteiger partial charge in [-0.3, -0.25) is 0 Å². The minimum atomic E-state index is 0.512. The Labute approximate surface area is 277 Å². The zero-order valence-corrected chi connectivity index (χ0v) is 25.8. The summed E-state index contributed by atoms with van der Waals surface area (Å²) in [4.78, 5) is 0. The van der Waals surface area contributed by atoms with Gasteiger partial charge in [0.25, 0.3) is 0 Å². The molecule has 7 aromatic carbocycles. The molecule has 0 saturated carbocycles. The third kappa shape index (κ3) is 4.07. The number of aromatic nitrogens is 2. The van der Waals surface area contributed by atoms with Crippen LogP contribution in [-0.2, 0) is 0 Å². The number of hydrogen-bond acceptors (Lipinski definition) is 2. The molecule has 9 rings (SSSR count). The van der Waals surface area contributed by atoms with Crippen LogP contribution in [0.2, 0.25) is 0 Å². The van der Waals surface area contributed by atoms with Gasteiger partial charge in [0.2, 0.25) is 0 Å². The maximum absolute atomic E-state index is 10.4. The Morgan fingerprint density at radius 1 is 0.375 bits per heavy atom. The van der Waals surface area contributed by atoms with Crippen molar-refractivity contribution in [1.82, 2.24) is 9.13 Å². The highest BCUT2D eigenvalue weighted by Crippen LogP contribution is 2.40. The van der Waals surface area contributed by atoms with Crippen LogP contribution in [-0.4, -0.2) is 9.13 Å². The first kappa shape index (κ1) is 27.4. The molecule has 4 nitrogen and oxygen atoms in total. The van der Waals surface area contributed by atoms with Crippen LogP contribution in [0.15, 0.2) is 158 Å². The molecule has 9 aromatic rings. The van der Waals surface area contributed by atoms with Gasteiger partial charge in [-0.1, -0.05) is 109 Å². The number of hydrogen-bond donors (Lipinski definition) is 0. The number of fused-ring (bicyclic) bond motifs is 6. The van der Waals surface area contributed by atoms with Gasteiger partial charge >= 0.3 is 0 Å². The molecule has 222 valence electrons. The lowest BCUT2D eigenvalue weighted by atomic mass is 9.93. The maximum atomic E-state index is 10.4. The van der Waals surface area contributed by atoms with E-state index in [4.69, 9.17) is 0 Å². The quantitative estimate of drug-likeness (QED) is 0.199. The summed E-state index contributed by atoms with van der Waals surface area (Å²) in [6.07, 6.45) is 0. The monoisotopic (exact) mass is 610 g/mol. The Kier molecular flexibility index (Phi) is 6.22. The summed E-state index contributed by atoms with van der Waals surface area (Å²) < 4.78 is 4.47. The number of benzene rings is 7. The summed E-state index contributed by atoms with van der Waals surface area (Å²) in [6, 6.07) is 58.9. The van der Waals surface area contributed by atoms with Gasteiger partial charge in [-0.2, -0.15) is 10.5 Å². The topological polar surface area (TPSA) is 57.4 Å². The van der Waals surface area contributed by atoms with E-state index in [1.165, 1.54) is 21.8 Å². The molecule has 0 aliphatic rings. The van der Waals surface area contributed by atoms with Crippen LogP contribution in [0, 0.1) is 22.7 Å². The van der Waals surface area contributed by atoms with Crippen LogP contribution in [0.1, 0.15) is 11.1 Å². The molecule has 2 heterocycles. The van der Waals surface area contributed by atoms with Gasteiger partial charge in [0.1, 0.15) is 6.07 Å². The molecule has 0 aliphatic carbocycles. The lowest BCUT2D eigenvalue weighted by Gasteiger charge is -2.17. The molecule has 0 bridgehead atoms. The third-order valence-electron chi connectivity index (χ3n) is 9.41. The van der Waals surface area contributed by atoms with Gasteiger partial charge in [-0.05, 0) is 65.2 Å². The van der Waals surface area contributed by atoms with Crippen molar-refractivity contribution in [2.45, 2.75) is 0 Å². The molecule has 0 radical (unpaired) electrons. The van der Waals surface area contributed by atoms with Crippen molar-refractivity contribution in [3.8, 4) is 45.8 Å². The molecule has 0 saturated heterocycles. The Morgan fingerprint density at radius 2 is 0.833 bits per heavy atom. The maximum Gasteiger partial charge on any atom is 0.101 e. The van der Waals surface area contributed by atoms with Crippen LogP contribution < -0.4 is 0 Å². The summed E-state index contributed by atoms with van der Waals surface area (Å²) in [5.74, 6) is 0. The standard InChI is InChI=1S/C44H26N4/c45-27-32-24-25-33(28-46)44(48-41-18-7-3-14-37(41)38-15-4-8-19-42(38)48)43(32)30-22-20-29(21-23-30)31-10-9-11-34(26-31)47-39-16-5-1-12-35(39)36-13-2-6-17-40(36)47/h1-26H. The van der Waals surface area contributed by atoms with E-state index >= 15 is 0 Å². The molecule has 0 N–H and O–H groups in total. The summed E-state index contributed by atoms with van der Waals surface area (Å²) in [5.41, 5.74) is 10.9. The van der Waals surface area contributed by atoms with E-state index < -0.39 is 0 Å². The van der Waals surface area contributed by atoms with Gasteiger partial charge in [0.05, 0.1) is 45.0 Å². The zero-order chi connectivity index (χ0) is 32.2. The number of rotatable bonds is 4. The number of para-hydroxylation sites is 4. The second-order valence-electron chi connectivity index (χ2n) is 12.0. The highest BCUT2D eigenvalue weighted by molar-refractivity contribution is 6.11. The zero-order valence-electron chi connectivity index (χ0n) is 25.8. The van der Waals surface area contributed by atoms with Gasteiger partial charge < -0.3 is 9.13 Å². The van der Waals surface area contributed by atoms with Crippen LogP contribution in [0.5, 0.6) is 0 Å². The molecule has 0 spiro atoms. The molecular weight excluding hydrogens is 585 g/mol. The van der Waals surface area contributed by atoms with Crippen LogP contribution in [0.4, 0.5) is 0 Å². The Hall–Kier alpha value is -6.88. The Morgan fingerprint density at radius 3 is 1.35 bits per heavy atom. The third-order valence-corrected chi connectivity index (χ3v) is 9.41.